The zero-order valence-electron chi connectivity index (χ0n) is 7.50. The fraction of sp³-hybridized carbons (Fsp3) is 1.00. The van der Waals surface area contributed by atoms with Gasteiger partial charge in [0.2, 0.25) is 0 Å². The molecule has 0 unspecified atom stereocenters. The van der Waals surface area contributed by atoms with E-state index in [0.29, 0.717) is 6.61 Å². The van der Waals surface area contributed by atoms with Crippen LogP contribution in [0.4, 0.5) is 0 Å². The van der Waals surface area contributed by atoms with Crippen LogP contribution in [0.2, 0.25) is 0 Å². The smallest absolute Gasteiger partial charge is 0.0476 e. The minimum absolute atomic E-state index is 0.342. The summed E-state index contributed by atoms with van der Waals surface area (Å²) in [6, 6.07) is 0. The van der Waals surface area contributed by atoms with Crippen LogP contribution in [0, 0.1) is 0 Å². The highest BCUT2D eigenvalue weighted by Crippen LogP contribution is 2.22. The van der Waals surface area contributed by atoms with Crippen LogP contribution < -0.4 is 0 Å². The number of thioether (sulfide) groups is 1. The Hall–Kier alpha value is 0.270. The first-order valence-corrected chi connectivity index (χ1v) is 5.78. The van der Waals surface area contributed by atoms with Gasteiger partial charge in [0.25, 0.3) is 0 Å². The summed E-state index contributed by atoms with van der Waals surface area (Å²) in [5, 5.41) is 9.39. The number of hydrogen-bond acceptors (Lipinski definition) is 3. The second kappa shape index (κ2) is 6.75. The lowest BCUT2D eigenvalue weighted by Crippen LogP contribution is -2.17. The molecule has 0 atom stereocenters. The Bertz CT molecular complexity index is 103. The van der Waals surface area contributed by atoms with E-state index in [2.05, 4.69) is 0 Å². The van der Waals surface area contributed by atoms with Crippen molar-refractivity contribution in [2.45, 2.75) is 30.9 Å². The van der Waals surface area contributed by atoms with E-state index in [9.17, 15) is 0 Å². The minimum Gasteiger partial charge on any atom is -0.396 e. The standard InChI is InChI=1S/C9H18O2S/c10-5-1-2-8-12-9-3-6-11-7-4-9/h9-10H,1-8H2. The molecule has 0 radical (unpaired) electrons. The maximum absolute atomic E-state index is 8.57. The van der Waals surface area contributed by atoms with Gasteiger partial charge in [0, 0.05) is 25.1 Å². The van der Waals surface area contributed by atoms with E-state index in [0.717, 1.165) is 31.3 Å². The van der Waals surface area contributed by atoms with Crippen LogP contribution in [0.3, 0.4) is 0 Å². The Morgan fingerprint density at radius 1 is 1.25 bits per heavy atom. The third kappa shape index (κ3) is 4.33. The highest BCUT2D eigenvalue weighted by Gasteiger charge is 2.12. The molecule has 0 bridgehead atoms. The molecule has 0 amide bonds. The van der Waals surface area contributed by atoms with Crippen molar-refractivity contribution >= 4 is 11.8 Å². The average Bonchev–Trinajstić information content (AvgIpc) is 2.14. The second-order valence-corrected chi connectivity index (χ2v) is 4.52. The molecule has 1 heterocycles. The summed E-state index contributed by atoms with van der Waals surface area (Å²) in [5.74, 6) is 1.20. The normalized spacial score (nSPS) is 19.8. The van der Waals surface area contributed by atoms with E-state index in [1.54, 1.807) is 0 Å². The largest absolute Gasteiger partial charge is 0.396 e. The third-order valence-corrected chi connectivity index (χ3v) is 3.54. The van der Waals surface area contributed by atoms with Gasteiger partial charge in [-0.1, -0.05) is 0 Å². The van der Waals surface area contributed by atoms with Crippen LogP contribution >= 0.6 is 11.8 Å². The number of rotatable bonds is 5. The van der Waals surface area contributed by atoms with Crippen LogP contribution in [-0.4, -0.2) is 35.9 Å². The molecule has 1 fully saturated rings. The fourth-order valence-corrected chi connectivity index (χ4v) is 2.54. The molecule has 12 heavy (non-hydrogen) atoms. The first kappa shape index (κ1) is 10.4. The van der Waals surface area contributed by atoms with Crippen molar-refractivity contribution in [3.8, 4) is 0 Å². The lowest BCUT2D eigenvalue weighted by atomic mass is 10.2. The van der Waals surface area contributed by atoms with Gasteiger partial charge in [-0.2, -0.15) is 11.8 Å². The SMILES string of the molecule is OCCCCSC1CCOCC1. The van der Waals surface area contributed by atoms with Crippen molar-refractivity contribution in [3.63, 3.8) is 0 Å². The Morgan fingerprint density at radius 2 is 2.00 bits per heavy atom. The van der Waals surface area contributed by atoms with Gasteiger partial charge in [-0.3, -0.25) is 0 Å². The van der Waals surface area contributed by atoms with Gasteiger partial charge in [-0.25, -0.2) is 0 Å². The fourth-order valence-electron chi connectivity index (χ4n) is 1.31. The van der Waals surface area contributed by atoms with Gasteiger partial charge in [0.1, 0.15) is 0 Å². The minimum atomic E-state index is 0.342. The molecule has 1 saturated heterocycles. The summed E-state index contributed by atoms with van der Waals surface area (Å²) in [6.07, 6.45) is 4.53. The molecule has 0 aromatic carbocycles. The molecule has 0 aromatic rings. The second-order valence-electron chi connectivity index (χ2n) is 3.11. The van der Waals surface area contributed by atoms with Crippen molar-refractivity contribution in [2.24, 2.45) is 0 Å². The Labute approximate surface area is 78.7 Å². The van der Waals surface area contributed by atoms with E-state index in [4.69, 9.17) is 9.84 Å². The molecule has 1 aliphatic heterocycles. The number of ether oxygens (including phenoxy) is 1. The molecule has 2 nitrogen and oxygen atoms in total. The van der Waals surface area contributed by atoms with E-state index >= 15 is 0 Å². The van der Waals surface area contributed by atoms with Crippen LogP contribution in [0.15, 0.2) is 0 Å². The lowest BCUT2D eigenvalue weighted by Gasteiger charge is -2.21. The van der Waals surface area contributed by atoms with Gasteiger partial charge < -0.3 is 9.84 Å². The average molecular weight is 190 g/mol. The molecule has 72 valence electrons. The van der Waals surface area contributed by atoms with Gasteiger partial charge in [-0.05, 0) is 31.4 Å². The number of aliphatic hydroxyl groups is 1. The van der Waals surface area contributed by atoms with Gasteiger partial charge in [0.15, 0.2) is 0 Å². The zero-order valence-corrected chi connectivity index (χ0v) is 8.31. The monoisotopic (exact) mass is 190 g/mol. The molecule has 0 saturated carbocycles. The van der Waals surface area contributed by atoms with E-state index in [1.165, 1.54) is 18.6 Å². The molecule has 0 aromatic heterocycles. The summed E-state index contributed by atoms with van der Waals surface area (Å²) < 4.78 is 5.27. The van der Waals surface area contributed by atoms with Gasteiger partial charge in [0.05, 0.1) is 0 Å². The summed E-state index contributed by atoms with van der Waals surface area (Å²) in [5.41, 5.74) is 0. The summed E-state index contributed by atoms with van der Waals surface area (Å²) in [7, 11) is 0. The predicted octanol–water partition coefficient (Wildman–Crippen LogP) is 1.67. The van der Waals surface area contributed by atoms with Gasteiger partial charge in [-0.15, -0.1) is 0 Å². The molecule has 0 aliphatic carbocycles. The molecular formula is C9H18O2S. The molecule has 3 heteroatoms. The Balaban J connectivity index is 1.91. The number of aliphatic hydroxyl groups excluding tert-OH is 1. The highest BCUT2D eigenvalue weighted by atomic mass is 32.2. The molecule has 0 spiro atoms. The lowest BCUT2D eigenvalue weighted by molar-refractivity contribution is 0.1000. The topological polar surface area (TPSA) is 29.5 Å². The quantitative estimate of drug-likeness (QED) is 0.669. The van der Waals surface area contributed by atoms with Crippen LogP contribution in [0.1, 0.15) is 25.7 Å². The van der Waals surface area contributed by atoms with Crippen molar-refractivity contribution in [1.29, 1.82) is 0 Å². The third-order valence-electron chi connectivity index (χ3n) is 2.07. The number of hydrogen-bond donors (Lipinski definition) is 1. The summed E-state index contributed by atoms with van der Waals surface area (Å²) in [6.45, 7) is 2.23. The Morgan fingerprint density at radius 3 is 2.67 bits per heavy atom. The van der Waals surface area contributed by atoms with Crippen LogP contribution in [0.25, 0.3) is 0 Å². The highest BCUT2D eigenvalue weighted by molar-refractivity contribution is 7.99. The van der Waals surface area contributed by atoms with Gasteiger partial charge >= 0.3 is 0 Å². The first-order chi connectivity index (χ1) is 5.93. The predicted molar refractivity (Wildman–Crippen MR) is 52.6 cm³/mol. The summed E-state index contributed by atoms with van der Waals surface area (Å²) in [4.78, 5) is 0. The van der Waals surface area contributed by atoms with E-state index in [1.807, 2.05) is 11.8 Å². The molecular weight excluding hydrogens is 172 g/mol. The molecule has 1 N–H and O–H groups in total. The van der Waals surface area contributed by atoms with Crippen molar-refractivity contribution in [1.82, 2.24) is 0 Å². The van der Waals surface area contributed by atoms with E-state index in [-0.39, 0.29) is 0 Å². The van der Waals surface area contributed by atoms with Crippen molar-refractivity contribution in [2.75, 3.05) is 25.6 Å². The Kier molecular flexibility index (Phi) is 5.82. The number of unbranched alkanes of at least 4 members (excludes halogenated alkanes) is 1. The van der Waals surface area contributed by atoms with Crippen LogP contribution in [0.5, 0.6) is 0 Å². The summed E-state index contributed by atoms with van der Waals surface area (Å²) >= 11 is 2.05. The maximum atomic E-state index is 8.57. The maximum Gasteiger partial charge on any atom is 0.0476 e. The van der Waals surface area contributed by atoms with E-state index < -0.39 is 0 Å². The molecule has 1 rings (SSSR count). The van der Waals surface area contributed by atoms with Crippen molar-refractivity contribution in [3.05, 3.63) is 0 Å². The van der Waals surface area contributed by atoms with Crippen molar-refractivity contribution < 1.29 is 9.84 Å². The first-order valence-electron chi connectivity index (χ1n) is 4.73. The van der Waals surface area contributed by atoms with Crippen LogP contribution in [-0.2, 0) is 4.74 Å². The zero-order chi connectivity index (χ0) is 8.65. The molecule has 1 aliphatic rings.